The second kappa shape index (κ2) is 7.77. The maximum absolute atomic E-state index is 12.3. The lowest BCUT2D eigenvalue weighted by Gasteiger charge is -2.33. The first-order valence-electron chi connectivity index (χ1n) is 10.4. The summed E-state index contributed by atoms with van der Waals surface area (Å²) in [5.41, 5.74) is -0.0655. The molecule has 29 heavy (non-hydrogen) atoms. The van der Waals surface area contributed by atoms with Gasteiger partial charge in [-0.15, -0.1) is 5.10 Å². The summed E-state index contributed by atoms with van der Waals surface area (Å²) in [6.07, 6.45) is 11.2. The van der Waals surface area contributed by atoms with Crippen LogP contribution in [0.25, 0.3) is 5.82 Å². The predicted octanol–water partition coefficient (Wildman–Crippen LogP) is 2.40. The molecule has 2 fully saturated rings. The van der Waals surface area contributed by atoms with Crippen LogP contribution in [-0.2, 0) is 6.54 Å². The topological polar surface area (TPSA) is 81.7 Å². The standard InChI is InChI=1S/C21H25N7O/c29-20-6-5-19(27-12-2-10-23-27)25-28(20)15-16-8-13-26(14-9-16)18-7-11-22-21(24-18)17-3-1-4-17/h2,5-7,10-12,16-17H,1,3-4,8-9,13-15H2. The van der Waals surface area contributed by atoms with Crippen LogP contribution < -0.4 is 10.5 Å². The third-order valence-corrected chi connectivity index (χ3v) is 6.09. The Balaban J connectivity index is 1.24. The Hall–Kier alpha value is -3.03. The van der Waals surface area contributed by atoms with Crippen molar-refractivity contribution in [1.29, 1.82) is 0 Å². The van der Waals surface area contributed by atoms with Gasteiger partial charge in [0.2, 0.25) is 0 Å². The Labute approximate surface area is 169 Å². The maximum atomic E-state index is 12.3. The number of hydrogen-bond donors (Lipinski definition) is 0. The molecule has 8 heteroatoms. The summed E-state index contributed by atoms with van der Waals surface area (Å²) in [5.74, 6) is 3.68. The molecule has 4 heterocycles. The van der Waals surface area contributed by atoms with Crippen molar-refractivity contribution in [3.8, 4) is 5.82 Å². The molecule has 1 saturated heterocycles. The van der Waals surface area contributed by atoms with Gasteiger partial charge >= 0.3 is 0 Å². The maximum Gasteiger partial charge on any atom is 0.266 e. The van der Waals surface area contributed by atoms with Gasteiger partial charge in [0, 0.05) is 50.2 Å². The third-order valence-electron chi connectivity index (χ3n) is 6.09. The lowest BCUT2D eigenvalue weighted by atomic mass is 9.85. The van der Waals surface area contributed by atoms with Crippen molar-refractivity contribution in [3.63, 3.8) is 0 Å². The van der Waals surface area contributed by atoms with Crippen molar-refractivity contribution in [2.45, 2.75) is 44.6 Å². The van der Waals surface area contributed by atoms with Crippen molar-refractivity contribution in [2.75, 3.05) is 18.0 Å². The molecule has 5 rings (SSSR count). The number of piperidine rings is 1. The van der Waals surface area contributed by atoms with Crippen LogP contribution in [-0.4, -0.2) is 42.6 Å². The van der Waals surface area contributed by atoms with Gasteiger partial charge in [0.15, 0.2) is 5.82 Å². The number of aromatic nitrogens is 6. The largest absolute Gasteiger partial charge is 0.356 e. The molecule has 8 nitrogen and oxygen atoms in total. The molecule has 1 aliphatic carbocycles. The fourth-order valence-corrected chi connectivity index (χ4v) is 4.09. The smallest absolute Gasteiger partial charge is 0.266 e. The van der Waals surface area contributed by atoms with Gasteiger partial charge in [-0.25, -0.2) is 19.3 Å². The highest BCUT2D eigenvalue weighted by molar-refractivity contribution is 5.38. The molecule has 1 aliphatic heterocycles. The average molecular weight is 391 g/mol. The molecular weight excluding hydrogens is 366 g/mol. The van der Waals surface area contributed by atoms with E-state index in [1.54, 1.807) is 27.7 Å². The van der Waals surface area contributed by atoms with Crippen LogP contribution in [0.3, 0.4) is 0 Å². The van der Waals surface area contributed by atoms with Crippen LogP contribution in [0.5, 0.6) is 0 Å². The molecule has 1 saturated carbocycles. The summed E-state index contributed by atoms with van der Waals surface area (Å²) in [5, 5.41) is 8.70. The molecule has 0 bridgehead atoms. The van der Waals surface area contributed by atoms with E-state index in [1.807, 2.05) is 24.5 Å². The van der Waals surface area contributed by atoms with E-state index in [1.165, 1.54) is 19.3 Å². The van der Waals surface area contributed by atoms with E-state index in [-0.39, 0.29) is 5.56 Å². The first kappa shape index (κ1) is 18.0. The van der Waals surface area contributed by atoms with Crippen LogP contribution in [0.4, 0.5) is 5.82 Å². The Morgan fingerprint density at radius 1 is 1.00 bits per heavy atom. The summed E-state index contributed by atoms with van der Waals surface area (Å²) in [7, 11) is 0. The Bertz CT molecular complexity index is 1020. The highest BCUT2D eigenvalue weighted by atomic mass is 16.1. The van der Waals surface area contributed by atoms with Crippen molar-refractivity contribution < 1.29 is 0 Å². The van der Waals surface area contributed by atoms with Gasteiger partial charge in [-0.2, -0.15) is 5.10 Å². The number of rotatable bonds is 5. The zero-order valence-corrected chi connectivity index (χ0v) is 16.4. The fraction of sp³-hybridized carbons (Fsp3) is 0.476. The molecule has 0 N–H and O–H groups in total. The van der Waals surface area contributed by atoms with E-state index in [0.29, 0.717) is 24.2 Å². The minimum atomic E-state index is -0.0655. The molecule has 3 aromatic rings. The van der Waals surface area contributed by atoms with Gasteiger partial charge in [-0.1, -0.05) is 6.42 Å². The molecule has 0 aromatic carbocycles. The van der Waals surface area contributed by atoms with E-state index < -0.39 is 0 Å². The van der Waals surface area contributed by atoms with Gasteiger partial charge in [0.25, 0.3) is 5.56 Å². The monoisotopic (exact) mass is 391 g/mol. The SMILES string of the molecule is O=c1ccc(-n2cccn2)nn1CC1CCN(c2ccnc(C3CCC3)n2)CC1. The number of anilines is 1. The quantitative estimate of drug-likeness (QED) is 0.664. The summed E-state index contributed by atoms with van der Waals surface area (Å²) in [6, 6.07) is 7.14. The number of nitrogens with zero attached hydrogens (tertiary/aromatic N) is 7. The van der Waals surface area contributed by atoms with Crippen LogP contribution >= 0.6 is 0 Å². The van der Waals surface area contributed by atoms with E-state index in [9.17, 15) is 4.79 Å². The second-order valence-corrected chi connectivity index (χ2v) is 7.99. The predicted molar refractivity (Wildman–Crippen MR) is 109 cm³/mol. The lowest BCUT2D eigenvalue weighted by molar-refractivity contribution is 0.333. The van der Waals surface area contributed by atoms with Crippen molar-refractivity contribution in [3.05, 3.63) is 59.0 Å². The summed E-state index contributed by atoms with van der Waals surface area (Å²) in [4.78, 5) is 23.9. The van der Waals surface area contributed by atoms with Crippen LogP contribution in [0, 0.1) is 5.92 Å². The van der Waals surface area contributed by atoms with Crippen molar-refractivity contribution in [1.82, 2.24) is 29.5 Å². The molecule has 3 aromatic heterocycles. The van der Waals surface area contributed by atoms with E-state index in [0.717, 1.165) is 37.6 Å². The van der Waals surface area contributed by atoms with Gasteiger partial charge in [0.05, 0.1) is 0 Å². The molecule has 0 radical (unpaired) electrons. The molecule has 0 unspecified atom stereocenters. The summed E-state index contributed by atoms with van der Waals surface area (Å²) >= 11 is 0. The summed E-state index contributed by atoms with van der Waals surface area (Å²) < 4.78 is 3.25. The molecule has 0 spiro atoms. The normalized spacial score (nSPS) is 18.0. The number of hydrogen-bond acceptors (Lipinski definition) is 6. The van der Waals surface area contributed by atoms with E-state index in [4.69, 9.17) is 4.98 Å². The van der Waals surface area contributed by atoms with Gasteiger partial charge < -0.3 is 4.90 Å². The Morgan fingerprint density at radius 2 is 1.86 bits per heavy atom. The van der Waals surface area contributed by atoms with Crippen LogP contribution in [0.1, 0.15) is 43.8 Å². The first-order chi connectivity index (χ1) is 14.3. The zero-order chi connectivity index (χ0) is 19.6. The van der Waals surface area contributed by atoms with Crippen molar-refractivity contribution in [2.24, 2.45) is 5.92 Å². The highest BCUT2D eigenvalue weighted by Crippen LogP contribution is 2.35. The van der Waals surface area contributed by atoms with Gasteiger partial charge in [-0.05, 0) is 49.8 Å². The molecule has 0 atom stereocenters. The lowest BCUT2D eigenvalue weighted by Crippen LogP contribution is -2.37. The van der Waals surface area contributed by atoms with Gasteiger partial charge in [0.1, 0.15) is 11.6 Å². The fourth-order valence-electron chi connectivity index (χ4n) is 4.09. The summed E-state index contributed by atoms with van der Waals surface area (Å²) in [6.45, 7) is 2.53. The minimum Gasteiger partial charge on any atom is -0.356 e. The molecule has 150 valence electrons. The van der Waals surface area contributed by atoms with Gasteiger partial charge in [-0.3, -0.25) is 4.79 Å². The Kier molecular flexibility index (Phi) is 4.83. The molecular formula is C21H25N7O. The van der Waals surface area contributed by atoms with Crippen LogP contribution in [0.15, 0.2) is 47.7 Å². The van der Waals surface area contributed by atoms with E-state index in [2.05, 4.69) is 20.1 Å². The second-order valence-electron chi connectivity index (χ2n) is 7.99. The van der Waals surface area contributed by atoms with E-state index >= 15 is 0 Å². The molecule has 2 aliphatic rings. The molecule has 0 amide bonds. The zero-order valence-electron chi connectivity index (χ0n) is 16.4. The highest BCUT2D eigenvalue weighted by Gasteiger charge is 2.25. The minimum absolute atomic E-state index is 0.0655. The Morgan fingerprint density at radius 3 is 2.59 bits per heavy atom. The van der Waals surface area contributed by atoms with Crippen LogP contribution in [0.2, 0.25) is 0 Å². The van der Waals surface area contributed by atoms with Crippen molar-refractivity contribution >= 4 is 5.82 Å². The third kappa shape index (κ3) is 3.79. The average Bonchev–Trinajstić information content (AvgIpc) is 3.24. The first-order valence-corrected chi connectivity index (χ1v) is 10.4.